The minimum absolute atomic E-state index is 0.477. The van der Waals surface area contributed by atoms with Gasteiger partial charge in [0.2, 0.25) is 0 Å². The van der Waals surface area contributed by atoms with Crippen LogP contribution in [0.15, 0.2) is 24.3 Å². The Bertz CT molecular complexity index is 429. The largest absolute Gasteiger partial charge is 0.378 e. The fourth-order valence-electron chi connectivity index (χ4n) is 3.77. The summed E-state index contributed by atoms with van der Waals surface area (Å²) in [5.74, 6) is 0. The number of aryl methyl sites for hydroxylation is 1. The van der Waals surface area contributed by atoms with Crippen LogP contribution in [-0.2, 0) is 11.2 Å². The summed E-state index contributed by atoms with van der Waals surface area (Å²) in [6.07, 6.45) is 9.11. The minimum atomic E-state index is 0.477. The van der Waals surface area contributed by atoms with Crippen molar-refractivity contribution >= 4 is 0 Å². The maximum atomic E-state index is 5.87. The van der Waals surface area contributed by atoms with Crippen molar-refractivity contribution in [3.63, 3.8) is 0 Å². The van der Waals surface area contributed by atoms with Crippen molar-refractivity contribution in [2.24, 2.45) is 0 Å². The molecule has 0 spiro atoms. The zero-order valence-electron chi connectivity index (χ0n) is 12.6. The third-order valence-electron chi connectivity index (χ3n) is 4.78. The van der Waals surface area contributed by atoms with Crippen LogP contribution in [-0.4, -0.2) is 18.8 Å². The van der Waals surface area contributed by atoms with Gasteiger partial charge in [-0.25, -0.2) is 0 Å². The van der Waals surface area contributed by atoms with E-state index in [2.05, 4.69) is 36.5 Å². The molecule has 1 N–H and O–H groups in total. The van der Waals surface area contributed by atoms with Gasteiger partial charge < -0.3 is 10.1 Å². The van der Waals surface area contributed by atoms with E-state index in [1.165, 1.54) is 50.5 Å². The topological polar surface area (TPSA) is 21.3 Å². The molecule has 0 aromatic heterocycles. The van der Waals surface area contributed by atoms with Gasteiger partial charge in [-0.1, -0.05) is 37.6 Å². The number of fused-ring (bicyclic) bond motifs is 1. The van der Waals surface area contributed by atoms with Crippen LogP contribution in [0.4, 0.5) is 0 Å². The fraction of sp³-hybridized carbons (Fsp3) is 0.667. The van der Waals surface area contributed by atoms with E-state index in [0.717, 1.165) is 6.61 Å². The molecule has 2 heteroatoms. The molecule has 2 nitrogen and oxygen atoms in total. The highest BCUT2D eigenvalue weighted by atomic mass is 16.5. The first-order chi connectivity index (χ1) is 9.86. The van der Waals surface area contributed by atoms with E-state index in [-0.39, 0.29) is 0 Å². The molecule has 1 saturated heterocycles. The molecular formula is C18H27NO. The summed E-state index contributed by atoms with van der Waals surface area (Å²) in [6.45, 7) is 3.18. The highest BCUT2D eigenvalue weighted by molar-refractivity contribution is 5.32. The number of hydrogen-bond acceptors (Lipinski definition) is 2. The Kier molecular flexibility index (Phi) is 4.74. The quantitative estimate of drug-likeness (QED) is 0.895. The maximum Gasteiger partial charge on any atom is 0.0589 e. The Labute approximate surface area is 122 Å². The van der Waals surface area contributed by atoms with Gasteiger partial charge in [0.15, 0.2) is 0 Å². The third kappa shape index (κ3) is 3.24. The lowest BCUT2D eigenvalue weighted by Crippen LogP contribution is -2.41. The van der Waals surface area contributed by atoms with E-state index in [9.17, 15) is 0 Å². The molecule has 0 radical (unpaired) electrons. The van der Waals surface area contributed by atoms with E-state index in [1.807, 2.05) is 0 Å². The van der Waals surface area contributed by atoms with E-state index >= 15 is 0 Å². The van der Waals surface area contributed by atoms with Gasteiger partial charge >= 0.3 is 0 Å². The molecule has 1 fully saturated rings. The SMILES string of the molecule is CCCC1CC(NC2CCCc3ccccc32)CCO1. The van der Waals surface area contributed by atoms with Gasteiger partial charge in [0, 0.05) is 18.7 Å². The van der Waals surface area contributed by atoms with Crippen LogP contribution in [0.3, 0.4) is 0 Å². The second-order valence-corrected chi connectivity index (χ2v) is 6.31. The van der Waals surface area contributed by atoms with Gasteiger partial charge in [-0.15, -0.1) is 0 Å². The summed E-state index contributed by atoms with van der Waals surface area (Å²) < 4.78 is 5.87. The molecule has 1 heterocycles. The van der Waals surface area contributed by atoms with E-state index in [1.54, 1.807) is 5.56 Å². The van der Waals surface area contributed by atoms with E-state index in [0.29, 0.717) is 18.2 Å². The van der Waals surface area contributed by atoms with Crippen molar-refractivity contribution < 1.29 is 4.74 Å². The molecule has 0 saturated carbocycles. The second-order valence-electron chi connectivity index (χ2n) is 6.31. The normalized spacial score (nSPS) is 29.9. The molecule has 0 bridgehead atoms. The molecule has 0 amide bonds. The minimum Gasteiger partial charge on any atom is -0.378 e. The van der Waals surface area contributed by atoms with Crippen LogP contribution >= 0.6 is 0 Å². The van der Waals surface area contributed by atoms with Crippen LogP contribution < -0.4 is 5.32 Å². The van der Waals surface area contributed by atoms with Gasteiger partial charge in [0.25, 0.3) is 0 Å². The summed E-state index contributed by atoms with van der Waals surface area (Å²) in [7, 11) is 0. The lowest BCUT2D eigenvalue weighted by Gasteiger charge is -2.35. The number of rotatable bonds is 4. The summed E-state index contributed by atoms with van der Waals surface area (Å²) in [6, 6.07) is 10.2. The van der Waals surface area contributed by atoms with E-state index < -0.39 is 0 Å². The molecule has 1 aliphatic heterocycles. The second kappa shape index (κ2) is 6.73. The summed E-state index contributed by atoms with van der Waals surface area (Å²) in [4.78, 5) is 0. The lowest BCUT2D eigenvalue weighted by atomic mass is 9.86. The molecule has 3 atom stereocenters. The Morgan fingerprint density at radius 3 is 3.05 bits per heavy atom. The fourth-order valence-corrected chi connectivity index (χ4v) is 3.77. The Hall–Kier alpha value is -0.860. The average molecular weight is 273 g/mol. The first-order valence-corrected chi connectivity index (χ1v) is 8.32. The van der Waals surface area contributed by atoms with Crippen molar-refractivity contribution in [3.8, 4) is 0 Å². The lowest BCUT2D eigenvalue weighted by molar-refractivity contribution is -0.00541. The van der Waals surface area contributed by atoms with Crippen LogP contribution in [0.25, 0.3) is 0 Å². The van der Waals surface area contributed by atoms with E-state index in [4.69, 9.17) is 4.74 Å². The molecule has 110 valence electrons. The third-order valence-corrected chi connectivity index (χ3v) is 4.78. The number of benzene rings is 1. The molecule has 3 rings (SSSR count). The monoisotopic (exact) mass is 273 g/mol. The number of ether oxygens (including phenoxy) is 1. The number of nitrogens with one attached hydrogen (secondary N) is 1. The van der Waals surface area contributed by atoms with Gasteiger partial charge in [0.05, 0.1) is 6.10 Å². The molecule has 1 aliphatic carbocycles. The standard InChI is InChI=1S/C18H27NO/c1-2-6-16-13-15(11-12-20-16)19-18-10-5-8-14-7-3-4-9-17(14)18/h3-4,7,9,15-16,18-19H,2,5-6,8,10-13H2,1H3. The predicted octanol–water partition coefficient (Wildman–Crippen LogP) is 4.00. The van der Waals surface area contributed by atoms with Crippen LogP contribution in [0.1, 0.15) is 62.6 Å². The zero-order valence-corrected chi connectivity index (χ0v) is 12.6. The average Bonchev–Trinajstić information content (AvgIpc) is 2.48. The van der Waals surface area contributed by atoms with Crippen LogP contribution in [0, 0.1) is 0 Å². The van der Waals surface area contributed by atoms with Crippen LogP contribution in [0.5, 0.6) is 0 Å². The summed E-state index contributed by atoms with van der Waals surface area (Å²) >= 11 is 0. The Morgan fingerprint density at radius 1 is 1.25 bits per heavy atom. The highest BCUT2D eigenvalue weighted by Crippen LogP contribution is 2.31. The molecule has 1 aromatic carbocycles. The van der Waals surface area contributed by atoms with Crippen molar-refractivity contribution in [3.05, 3.63) is 35.4 Å². The number of hydrogen-bond donors (Lipinski definition) is 1. The predicted molar refractivity (Wildman–Crippen MR) is 82.9 cm³/mol. The van der Waals surface area contributed by atoms with Gasteiger partial charge in [-0.2, -0.15) is 0 Å². The zero-order chi connectivity index (χ0) is 13.8. The first kappa shape index (κ1) is 14.1. The molecule has 20 heavy (non-hydrogen) atoms. The molecule has 3 unspecified atom stereocenters. The molecule has 1 aromatic rings. The van der Waals surface area contributed by atoms with Crippen molar-refractivity contribution in [2.75, 3.05) is 6.61 Å². The van der Waals surface area contributed by atoms with Crippen molar-refractivity contribution in [2.45, 2.75) is 70.1 Å². The smallest absolute Gasteiger partial charge is 0.0589 e. The summed E-state index contributed by atoms with van der Waals surface area (Å²) in [5, 5.41) is 3.92. The molecular weight excluding hydrogens is 246 g/mol. The van der Waals surface area contributed by atoms with Gasteiger partial charge in [0.1, 0.15) is 0 Å². The van der Waals surface area contributed by atoms with Crippen molar-refractivity contribution in [1.82, 2.24) is 5.32 Å². The highest BCUT2D eigenvalue weighted by Gasteiger charge is 2.26. The maximum absolute atomic E-state index is 5.87. The summed E-state index contributed by atoms with van der Waals surface area (Å²) in [5.41, 5.74) is 3.09. The Balaban J connectivity index is 1.63. The van der Waals surface area contributed by atoms with Gasteiger partial charge in [-0.3, -0.25) is 0 Å². The van der Waals surface area contributed by atoms with Gasteiger partial charge in [-0.05, 0) is 49.7 Å². The van der Waals surface area contributed by atoms with Crippen molar-refractivity contribution in [1.29, 1.82) is 0 Å². The Morgan fingerprint density at radius 2 is 2.15 bits per heavy atom. The van der Waals surface area contributed by atoms with Crippen LogP contribution in [0.2, 0.25) is 0 Å². The first-order valence-electron chi connectivity index (χ1n) is 8.32. The molecule has 2 aliphatic rings.